The minimum Gasteiger partial charge on any atom is -0.368 e. The number of anilines is 3. The van der Waals surface area contributed by atoms with E-state index < -0.39 is 0 Å². The Morgan fingerprint density at radius 1 is 1.48 bits per heavy atom. The smallest absolute Gasteiger partial charge is 0.236 e. The minimum atomic E-state index is -0.106. The molecule has 1 fully saturated rings. The Labute approximate surface area is 162 Å². The molecule has 1 aliphatic rings. The molecule has 0 saturated carbocycles. The topological polar surface area (TPSA) is 112 Å². The lowest BCUT2D eigenvalue weighted by atomic mass is 9.97. The lowest BCUT2D eigenvalue weighted by Crippen LogP contribution is -2.41. The molecule has 9 nitrogen and oxygen atoms in total. The Balaban J connectivity index is 1.59. The summed E-state index contributed by atoms with van der Waals surface area (Å²) < 4.78 is 1.68. The molecule has 142 valence electrons. The molecule has 3 heterocycles. The van der Waals surface area contributed by atoms with Gasteiger partial charge in [-0.1, -0.05) is 11.6 Å². The van der Waals surface area contributed by atoms with Gasteiger partial charge in [-0.15, -0.1) is 0 Å². The summed E-state index contributed by atoms with van der Waals surface area (Å²) in [5, 5.41) is 19.6. The van der Waals surface area contributed by atoms with Crippen molar-refractivity contribution in [2.45, 2.75) is 19.3 Å². The van der Waals surface area contributed by atoms with Gasteiger partial charge in [-0.05, 0) is 18.8 Å². The van der Waals surface area contributed by atoms with Crippen LogP contribution in [-0.2, 0) is 11.8 Å². The summed E-state index contributed by atoms with van der Waals surface area (Å²) in [6, 6.07) is 1.92. The predicted molar refractivity (Wildman–Crippen MR) is 102 cm³/mol. The van der Waals surface area contributed by atoms with Crippen molar-refractivity contribution in [2.24, 2.45) is 13.0 Å². The van der Waals surface area contributed by atoms with Crippen LogP contribution in [0.2, 0.25) is 5.02 Å². The molecule has 0 radical (unpaired) electrons. The zero-order valence-corrected chi connectivity index (χ0v) is 15.8. The average molecular weight is 389 g/mol. The summed E-state index contributed by atoms with van der Waals surface area (Å²) in [7, 11) is 1.83. The van der Waals surface area contributed by atoms with Crippen molar-refractivity contribution in [2.75, 3.05) is 30.3 Å². The quantitative estimate of drug-likeness (QED) is 0.779. The maximum absolute atomic E-state index is 11.9. The van der Waals surface area contributed by atoms with Gasteiger partial charge in [0.15, 0.2) is 5.82 Å². The molecule has 1 atom stereocenters. The Morgan fingerprint density at radius 3 is 3.07 bits per heavy atom. The highest BCUT2D eigenvalue weighted by molar-refractivity contribution is 6.32. The lowest BCUT2D eigenvalue weighted by molar-refractivity contribution is -0.131. The summed E-state index contributed by atoms with van der Waals surface area (Å²) in [6.07, 6.45) is 6.90. The molecule has 27 heavy (non-hydrogen) atoms. The zero-order chi connectivity index (χ0) is 19.2. The van der Waals surface area contributed by atoms with E-state index >= 15 is 0 Å². The number of amides is 1. The molecule has 1 saturated heterocycles. The van der Waals surface area contributed by atoms with Gasteiger partial charge < -0.3 is 15.5 Å². The number of likely N-dealkylation sites (tertiary alicyclic amines) is 1. The number of carbonyl (C=O) groups is 1. The molecule has 10 heteroatoms. The number of nitrogens with one attached hydrogen (secondary N) is 2. The zero-order valence-electron chi connectivity index (χ0n) is 15.0. The van der Waals surface area contributed by atoms with Gasteiger partial charge in [-0.3, -0.25) is 9.48 Å². The number of nitriles is 1. The highest BCUT2D eigenvalue weighted by atomic mass is 35.5. The van der Waals surface area contributed by atoms with Crippen LogP contribution in [0.5, 0.6) is 0 Å². The molecule has 0 aromatic carbocycles. The van der Waals surface area contributed by atoms with E-state index in [2.05, 4.69) is 25.7 Å². The first-order valence-corrected chi connectivity index (χ1v) is 9.09. The average Bonchev–Trinajstić information content (AvgIpc) is 3.07. The third-order valence-electron chi connectivity index (χ3n) is 4.37. The second-order valence-electron chi connectivity index (χ2n) is 6.48. The van der Waals surface area contributed by atoms with Crippen LogP contribution in [0.25, 0.3) is 0 Å². The highest BCUT2D eigenvalue weighted by Crippen LogP contribution is 2.23. The predicted octanol–water partition coefficient (Wildman–Crippen LogP) is 2.17. The number of nitrogens with zero attached hydrogens (tertiary/aromatic N) is 6. The number of aromatic nitrogens is 4. The van der Waals surface area contributed by atoms with Crippen molar-refractivity contribution < 1.29 is 4.79 Å². The molecule has 1 unspecified atom stereocenters. The first-order valence-electron chi connectivity index (χ1n) is 8.72. The largest absolute Gasteiger partial charge is 0.368 e. The van der Waals surface area contributed by atoms with Gasteiger partial charge in [-0.25, -0.2) is 4.98 Å². The first-order chi connectivity index (χ1) is 13.0. The van der Waals surface area contributed by atoms with Crippen molar-refractivity contribution in [3.63, 3.8) is 0 Å². The fourth-order valence-electron chi connectivity index (χ4n) is 3.04. The summed E-state index contributed by atoms with van der Waals surface area (Å²) in [5.41, 5.74) is 0.782. The fraction of sp³-hybridized carbons (Fsp3) is 0.471. The number of carbonyl (C=O) groups excluding carboxylic acids is 1. The summed E-state index contributed by atoms with van der Waals surface area (Å²) in [6.45, 7) is 1.99. The number of aryl methyl sites for hydroxylation is 1. The Kier molecular flexibility index (Phi) is 6.08. The second-order valence-corrected chi connectivity index (χ2v) is 6.89. The summed E-state index contributed by atoms with van der Waals surface area (Å²) >= 11 is 6.21. The third-order valence-corrected chi connectivity index (χ3v) is 4.64. The van der Waals surface area contributed by atoms with E-state index in [4.69, 9.17) is 16.9 Å². The van der Waals surface area contributed by atoms with Crippen molar-refractivity contribution >= 4 is 35.0 Å². The number of hydrogen-bond acceptors (Lipinski definition) is 7. The van der Waals surface area contributed by atoms with Gasteiger partial charge in [0.25, 0.3) is 0 Å². The van der Waals surface area contributed by atoms with Gasteiger partial charge in [0.2, 0.25) is 11.9 Å². The van der Waals surface area contributed by atoms with E-state index in [0.29, 0.717) is 36.4 Å². The van der Waals surface area contributed by atoms with Crippen molar-refractivity contribution in [1.29, 1.82) is 5.26 Å². The highest BCUT2D eigenvalue weighted by Gasteiger charge is 2.23. The van der Waals surface area contributed by atoms with Gasteiger partial charge in [-0.2, -0.15) is 15.3 Å². The molecule has 2 N–H and O–H groups in total. The van der Waals surface area contributed by atoms with Gasteiger partial charge in [0.05, 0.1) is 24.2 Å². The van der Waals surface area contributed by atoms with Crippen molar-refractivity contribution in [3.05, 3.63) is 23.6 Å². The first kappa shape index (κ1) is 18.9. The molecular formula is C17H21ClN8O. The Bertz CT molecular complexity index is 846. The maximum atomic E-state index is 11.9. The Morgan fingerprint density at radius 2 is 2.33 bits per heavy atom. The molecule has 2 aromatic heterocycles. The van der Waals surface area contributed by atoms with E-state index in [-0.39, 0.29) is 18.2 Å². The molecular weight excluding hydrogens is 368 g/mol. The van der Waals surface area contributed by atoms with Crippen LogP contribution in [0.15, 0.2) is 18.6 Å². The summed E-state index contributed by atoms with van der Waals surface area (Å²) in [5.74, 6) is 1.13. The van der Waals surface area contributed by atoms with Crippen LogP contribution in [0, 0.1) is 17.2 Å². The van der Waals surface area contributed by atoms with Crippen LogP contribution < -0.4 is 10.6 Å². The fourth-order valence-corrected chi connectivity index (χ4v) is 3.20. The van der Waals surface area contributed by atoms with Crippen LogP contribution >= 0.6 is 11.6 Å². The van der Waals surface area contributed by atoms with Gasteiger partial charge in [0.1, 0.15) is 11.4 Å². The van der Waals surface area contributed by atoms with Gasteiger partial charge in [0, 0.05) is 32.9 Å². The summed E-state index contributed by atoms with van der Waals surface area (Å²) in [4.78, 5) is 22.3. The lowest BCUT2D eigenvalue weighted by Gasteiger charge is -2.32. The molecule has 0 spiro atoms. The van der Waals surface area contributed by atoms with Crippen LogP contribution in [-0.4, -0.2) is 50.2 Å². The van der Waals surface area contributed by atoms with Crippen LogP contribution in [0.4, 0.5) is 17.5 Å². The SMILES string of the molecule is Cn1cc(Nc2ncc(Cl)c(NCC3CCCN(C(=O)CC#N)C3)n2)cn1. The molecule has 1 amide bonds. The minimum absolute atomic E-state index is 0.0682. The van der Waals surface area contributed by atoms with E-state index in [1.807, 2.05) is 19.3 Å². The number of hydrogen-bond donors (Lipinski definition) is 2. The van der Waals surface area contributed by atoms with Crippen molar-refractivity contribution in [3.8, 4) is 6.07 Å². The van der Waals surface area contributed by atoms with Crippen molar-refractivity contribution in [1.82, 2.24) is 24.6 Å². The second kappa shape index (κ2) is 8.68. The number of halogens is 1. The maximum Gasteiger partial charge on any atom is 0.236 e. The van der Waals surface area contributed by atoms with Crippen LogP contribution in [0.3, 0.4) is 0 Å². The molecule has 3 rings (SSSR count). The Hall–Kier alpha value is -2.86. The molecule has 2 aromatic rings. The number of rotatable bonds is 6. The van der Waals surface area contributed by atoms with Crippen LogP contribution in [0.1, 0.15) is 19.3 Å². The van der Waals surface area contributed by atoms with E-state index in [9.17, 15) is 4.79 Å². The molecule has 0 bridgehead atoms. The number of piperidine rings is 1. The molecule has 1 aliphatic heterocycles. The third kappa shape index (κ3) is 5.08. The monoisotopic (exact) mass is 388 g/mol. The van der Waals surface area contributed by atoms with E-state index in [1.165, 1.54) is 0 Å². The normalized spacial score (nSPS) is 16.6. The van der Waals surface area contributed by atoms with E-state index in [0.717, 1.165) is 18.5 Å². The van der Waals surface area contributed by atoms with E-state index in [1.54, 1.807) is 22.0 Å². The molecule has 0 aliphatic carbocycles. The standard InChI is InChI=1S/C17H21ClN8O/c1-25-11-13(8-22-25)23-17-21-9-14(18)16(24-17)20-7-12-3-2-6-26(10-12)15(27)4-5-19/h8-9,11-12H,2-4,6-7,10H2,1H3,(H2,20,21,23,24). The van der Waals surface area contributed by atoms with Gasteiger partial charge >= 0.3 is 0 Å².